The van der Waals surface area contributed by atoms with Crippen molar-refractivity contribution in [1.29, 1.82) is 0 Å². The van der Waals surface area contributed by atoms with Gasteiger partial charge in [-0.05, 0) is 13.8 Å². The number of piperazine rings is 1. The molecule has 0 spiro atoms. The number of primary amides is 1. The smallest absolute Gasteiger partial charge is 0.221 e. The predicted octanol–water partition coefficient (Wildman–Crippen LogP) is -0.504. The van der Waals surface area contributed by atoms with Crippen LogP contribution in [-0.4, -0.2) is 65.7 Å². The first-order valence-electron chi connectivity index (χ1n) is 6.24. The minimum atomic E-state index is -0.636. The normalized spacial score (nSPS) is 21.4. The maximum absolute atomic E-state index is 11.0. The molecule has 1 amide bonds. The van der Waals surface area contributed by atoms with Crippen LogP contribution in [0.2, 0.25) is 0 Å². The fourth-order valence-electron chi connectivity index (χ4n) is 2.15. The van der Waals surface area contributed by atoms with Crippen molar-refractivity contribution < 1.29 is 9.90 Å². The molecular weight excluding hydrogens is 218 g/mol. The van der Waals surface area contributed by atoms with Gasteiger partial charge in [-0.1, -0.05) is 6.92 Å². The van der Waals surface area contributed by atoms with E-state index < -0.39 is 5.60 Å². The molecule has 100 valence electrons. The number of hydrogen-bond acceptors (Lipinski definition) is 4. The summed E-state index contributed by atoms with van der Waals surface area (Å²) in [5, 5.41) is 9.74. The van der Waals surface area contributed by atoms with Gasteiger partial charge in [0.1, 0.15) is 0 Å². The standard InChI is InChI=1S/C12H25N3O2/c1-10(11(13)16)8-14-4-6-15(7-5-14)9-12(2,3)17/h10,17H,4-9H2,1-3H3,(H2,13,16). The number of nitrogens with two attached hydrogens (primary N) is 1. The van der Waals surface area contributed by atoms with E-state index >= 15 is 0 Å². The molecule has 0 saturated carbocycles. The first-order valence-corrected chi connectivity index (χ1v) is 6.24. The Morgan fingerprint density at radius 1 is 1.29 bits per heavy atom. The molecule has 1 fully saturated rings. The Balaban J connectivity index is 2.29. The molecule has 1 unspecified atom stereocenters. The summed E-state index contributed by atoms with van der Waals surface area (Å²) in [6.45, 7) is 10.7. The van der Waals surface area contributed by atoms with Crippen LogP contribution in [0.4, 0.5) is 0 Å². The number of carbonyl (C=O) groups is 1. The lowest BCUT2D eigenvalue weighted by molar-refractivity contribution is -0.122. The molecule has 1 saturated heterocycles. The van der Waals surface area contributed by atoms with Gasteiger partial charge >= 0.3 is 0 Å². The lowest BCUT2D eigenvalue weighted by Crippen LogP contribution is -2.51. The van der Waals surface area contributed by atoms with Crippen molar-refractivity contribution in [3.05, 3.63) is 0 Å². The van der Waals surface area contributed by atoms with Crippen LogP contribution in [0, 0.1) is 5.92 Å². The van der Waals surface area contributed by atoms with Crippen molar-refractivity contribution in [2.24, 2.45) is 11.7 Å². The van der Waals surface area contributed by atoms with Crippen LogP contribution in [0.25, 0.3) is 0 Å². The molecule has 0 aliphatic carbocycles. The summed E-state index contributed by atoms with van der Waals surface area (Å²) >= 11 is 0. The maximum Gasteiger partial charge on any atom is 0.221 e. The molecule has 5 nitrogen and oxygen atoms in total. The van der Waals surface area contributed by atoms with Crippen LogP contribution in [0.3, 0.4) is 0 Å². The van der Waals surface area contributed by atoms with Crippen molar-refractivity contribution in [3.63, 3.8) is 0 Å². The summed E-state index contributed by atoms with van der Waals surface area (Å²) in [6, 6.07) is 0. The molecule has 0 aromatic rings. The Hall–Kier alpha value is -0.650. The number of β-amino-alcohol motifs (C(OH)–C–C–N with tert-alkyl or cyclic N) is 1. The number of rotatable bonds is 5. The number of amides is 1. The quantitative estimate of drug-likeness (QED) is 0.683. The molecule has 1 atom stereocenters. The van der Waals surface area contributed by atoms with E-state index in [-0.39, 0.29) is 11.8 Å². The second kappa shape index (κ2) is 5.80. The molecule has 1 aliphatic heterocycles. The van der Waals surface area contributed by atoms with Gasteiger partial charge in [-0.2, -0.15) is 0 Å². The SMILES string of the molecule is CC(CN1CCN(CC(C)(C)O)CC1)C(N)=O. The van der Waals surface area contributed by atoms with Gasteiger partial charge in [0.25, 0.3) is 0 Å². The van der Waals surface area contributed by atoms with E-state index in [0.29, 0.717) is 6.54 Å². The van der Waals surface area contributed by atoms with E-state index in [4.69, 9.17) is 5.73 Å². The third-order valence-electron chi connectivity index (χ3n) is 3.09. The van der Waals surface area contributed by atoms with Crippen molar-refractivity contribution in [2.75, 3.05) is 39.3 Å². The van der Waals surface area contributed by atoms with Gasteiger partial charge < -0.3 is 15.7 Å². The summed E-state index contributed by atoms with van der Waals surface area (Å²) in [5.41, 5.74) is 4.62. The van der Waals surface area contributed by atoms with E-state index in [9.17, 15) is 9.90 Å². The van der Waals surface area contributed by atoms with Gasteiger partial charge in [0.2, 0.25) is 5.91 Å². The van der Waals surface area contributed by atoms with Crippen LogP contribution in [0.5, 0.6) is 0 Å². The third-order valence-corrected chi connectivity index (χ3v) is 3.09. The average Bonchev–Trinajstić information content (AvgIpc) is 2.18. The van der Waals surface area contributed by atoms with E-state index in [2.05, 4.69) is 9.80 Å². The van der Waals surface area contributed by atoms with Crippen LogP contribution >= 0.6 is 0 Å². The summed E-state index contributed by atoms with van der Waals surface area (Å²) in [6.07, 6.45) is 0. The molecule has 0 aromatic heterocycles. The highest BCUT2D eigenvalue weighted by molar-refractivity contribution is 5.76. The summed E-state index contributed by atoms with van der Waals surface area (Å²) in [7, 11) is 0. The van der Waals surface area contributed by atoms with Crippen molar-refractivity contribution in [2.45, 2.75) is 26.4 Å². The first kappa shape index (κ1) is 14.4. The number of aliphatic hydroxyl groups is 1. The minimum absolute atomic E-state index is 0.0872. The third kappa shape index (κ3) is 5.48. The Morgan fingerprint density at radius 2 is 1.76 bits per heavy atom. The van der Waals surface area contributed by atoms with Gasteiger partial charge in [-0.25, -0.2) is 0 Å². The van der Waals surface area contributed by atoms with Crippen molar-refractivity contribution in [3.8, 4) is 0 Å². The maximum atomic E-state index is 11.0. The first-order chi connectivity index (χ1) is 7.78. The summed E-state index contributed by atoms with van der Waals surface area (Å²) in [5.74, 6) is -0.320. The summed E-state index contributed by atoms with van der Waals surface area (Å²) < 4.78 is 0. The zero-order valence-corrected chi connectivity index (χ0v) is 11.1. The predicted molar refractivity (Wildman–Crippen MR) is 67.5 cm³/mol. The molecular formula is C12H25N3O2. The number of nitrogens with zero attached hydrogens (tertiary/aromatic N) is 2. The molecule has 0 aromatic carbocycles. The molecule has 5 heteroatoms. The number of hydrogen-bond donors (Lipinski definition) is 2. The van der Waals surface area contributed by atoms with E-state index in [1.54, 1.807) is 0 Å². The van der Waals surface area contributed by atoms with Crippen LogP contribution < -0.4 is 5.73 Å². The van der Waals surface area contributed by atoms with Crippen molar-refractivity contribution in [1.82, 2.24) is 9.80 Å². The molecule has 1 rings (SSSR count). The highest BCUT2D eigenvalue weighted by Gasteiger charge is 2.24. The van der Waals surface area contributed by atoms with E-state index in [1.165, 1.54) is 0 Å². The molecule has 0 radical (unpaired) electrons. The zero-order chi connectivity index (χ0) is 13.1. The van der Waals surface area contributed by atoms with Crippen LogP contribution in [0.1, 0.15) is 20.8 Å². The Morgan fingerprint density at radius 3 is 2.18 bits per heavy atom. The fraction of sp³-hybridized carbons (Fsp3) is 0.917. The van der Waals surface area contributed by atoms with Gasteiger partial charge in [0.15, 0.2) is 0 Å². The number of carbonyl (C=O) groups excluding carboxylic acids is 1. The molecule has 1 heterocycles. The van der Waals surface area contributed by atoms with Crippen LogP contribution in [0.15, 0.2) is 0 Å². The Bertz CT molecular complexity index is 255. The van der Waals surface area contributed by atoms with Crippen LogP contribution in [-0.2, 0) is 4.79 Å². The van der Waals surface area contributed by atoms with E-state index in [1.807, 2.05) is 20.8 Å². The fourth-order valence-corrected chi connectivity index (χ4v) is 2.15. The molecule has 3 N–H and O–H groups in total. The van der Waals surface area contributed by atoms with Gasteiger partial charge in [0.05, 0.1) is 5.60 Å². The zero-order valence-electron chi connectivity index (χ0n) is 11.1. The van der Waals surface area contributed by atoms with Crippen molar-refractivity contribution >= 4 is 5.91 Å². The highest BCUT2D eigenvalue weighted by atomic mass is 16.3. The highest BCUT2D eigenvalue weighted by Crippen LogP contribution is 2.09. The molecule has 0 bridgehead atoms. The Labute approximate surface area is 104 Å². The Kier molecular flexibility index (Phi) is 4.91. The van der Waals surface area contributed by atoms with E-state index in [0.717, 1.165) is 32.7 Å². The molecule has 1 aliphatic rings. The monoisotopic (exact) mass is 243 g/mol. The second-order valence-corrected chi connectivity index (χ2v) is 5.69. The van der Waals surface area contributed by atoms with Gasteiger partial charge in [0, 0.05) is 45.2 Å². The topological polar surface area (TPSA) is 69.8 Å². The average molecular weight is 243 g/mol. The van der Waals surface area contributed by atoms with Gasteiger partial charge in [-0.3, -0.25) is 9.69 Å². The minimum Gasteiger partial charge on any atom is -0.389 e. The largest absolute Gasteiger partial charge is 0.389 e. The molecule has 17 heavy (non-hydrogen) atoms. The van der Waals surface area contributed by atoms with Gasteiger partial charge in [-0.15, -0.1) is 0 Å². The lowest BCUT2D eigenvalue weighted by Gasteiger charge is -2.37. The lowest BCUT2D eigenvalue weighted by atomic mass is 10.1. The summed E-state index contributed by atoms with van der Waals surface area (Å²) in [4.78, 5) is 15.5. The second-order valence-electron chi connectivity index (χ2n) is 5.69.